The predicted molar refractivity (Wildman–Crippen MR) is 76.3 cm³/mol. The SMILES string of the molecule is O=C(CSc1ccc([N+](=O)[O-])cc1)c1ccc(O)cc1. The molecule has 5 nitrogen and oxygen atoms in total. The van der Waals surface area contributed by atoms with E-state index in [-0.39, 0.29) is 23.0 Å². The van der Waals surface area contributed by atoms with Crippen LogP contribution in [0.5, 0.6) is 5.75 Å². The van der Waals surface area contributed by atoms with E-state index in [0.717, 1.165) is 4.90 Å². The fourth-order valence-electron chi connectivity index (χ4n) is 1.54. The predicted octanol–water partition coefficient (Wildman–Crippen LogP) is 3.28. The quantitative estimate of drug-likeness (QED) is 0.395. The molecule has 0 saturated carbocycles. The summed E-state index contributed by atoms with van der Waals surface area (Å²) in [5, 5.41) is 19.7. The lowest BCUT2D eigenvalue weighted by atomic mass is 10.1. The molecule has 1 N–H and O–H groups in total. The minimum atomic E-state index is -0.462. The highest BCUT2D eigenvalue weighted by molar-refractivity contribution is 8.00. The number of thioether (sulfide) groups is 1. The van der Waals surface area contributed by atoms with Gasteiger partial charge in [-0.05, 0) is 36.4 Å². The molecule has 0 unspecified atom stereocenters. The average molecular weight is 289 g/mol. The molecular weight excluding hydrogens is 278 g/mol. The van der Waals surface area contributed by atoms with Crippen LogP contribution in [0.2, 0.25) is 0 Å². The summed E-state index contributed by atoms with van der Waals surface area (Å²) < 4.78 is 0. The molecule has 2 rings (SSSR count). The van der Waals surface area contributed by atoms with Gasteiger partial charge in [0.1, 0.15) is 5.75 Å². The molecule has 0 atom stereocenters. The van der Waals surface area contributed by atoms with Crippen LogP contribution in [-0.4, -0.2) is 21.6 Å². The van der Waals surface area contributed by atoms with Gasteiger partial charge in [0, 0.05) is 22.6 Å². The van der Waals surface area contributed by atoms with Crippen LogP contribution in [0.3, 0.4) is 0 Å². The van der Waals surface area contributed by atoms with Gasteiger partial charge in [0.2, 0.25) is 0 Å². The van der Waals surface area contributed by atoms with Crippen molar-refractivity contribution in [1.29, 1.82) is 0 Å². The van der Waals surface area contributed by atoms with Crippen LogP contribution in [0.1, 0.15) is 10.4 Å². The van der Waals surface area contributed by atoms with Crippen LogP contribution < -0.4 is 0 Å². The van der Waals surface area contributed by atoms with Crippen molar-refractivity contribution < 1.29 is 14.8 Å². The summed E-state index contributed by atoms with van der Waals surface area (Å²) in [7, 11) is 0. The molecular formula is C14H11NO4S. The Morgan fingerprint density at radius 1 is 1.10 bits per heavy atom. The second-order valence-corrected chi connectivity index (χ2v) is 5.06. The zero-order valence-corrected chi connectivity index (χ0v) is 11.2. The number of nitro benzene ring substituents is 1. The molecule has 0 aromatic heterocycles. The van der Waals surface area contributed by atoms with Crippen molar-refractivity contribution in [1.82, 2.24) is 0 Å². The Kier molecular flexibility index (Phi) is 4.37. The second-order valence-electron chi connectivity index (χ2n) is 4.01. The number of hydrogen-bond acceptors (Lipinski definition) is 5. The zero-order valence-electron chi connectivity index (χ0n) is 10.4. The maximum atomic E-state index is 11.9. The highest BCUT2D eigenvalue weighted by atomic mass is 32.2. The molecule has 0 aliphatic rings. The molecule has 0 radical (unpaired) electrons. The first-order chi connectivity index (χ1) is 9.56. The van der Waals surface area contributed by atoms with Gasteiger partial charge in [-0.3, -0.25) is 14.9 Å². The Morgan fingerprint density at radius 3 is 2.25 bits per heavy atom. The van der Waals surface area contributed by atoms with E-state index in [1.54, 1.807) is 24.3 Å². The Labute approximate surface area is 119 Å². The van der Waals surface area contributed by atoms with Gasteiger partial charge in [-0.1, -0.05) is 0 Å². The lowest BCUT2D eigenvalue weighted by Gasteiger charge is -2.02. The topological polar surface area (TPSA) is 80.4 Å². The number of hydrogen-bond donors (Lipinski definition) is 1. The molecule has 6 heteroatoms. The number of carbonyl (C=O) groups is 1. The van der Waals surface area contributed by atoms with Crippen molar-refractivity contribution in [2.75, 3.05) is 5.75 Å². The maximum absolute atomic E-state index is 11.9. The minimum Gasteiger partial charge on any atom is -0.508 e. The molecule has 0 aliphatic heterocycles. The first-order valence-electron chi connectivity index (χ1n) is 5.76. The van der Waals surface area contributed by atoms with Crippen molar-refractivity contribution in [2.45, 2.75) is 4.90 Å². The molecule has 0 heterocycles. The third-order valence-electron chi connectivity index (χ3n) is 2.61. The highest BCUT2D eigenvalue weighted by Gasteiger charge is 2.08. The summed E-state index contributed by atoms with van der Waals surface area (Å²) in [6.07, 6.45) is 0. The number of nitro groups is 1. The third-order valence-corrected chi connectivity index (χ3v) is 3.62. The van der Waals surface area contributed by atoms with Crippen LogP contribution in [0, 0.1) is 10.1 Å². The third kappa shape index (κ3) is 3.58. The Hall–Kier alpha value is -2.34. The largest absolute Gasteiger partial charge is 0.508 e. The van der Waals surface area contributed by atoms with Crippen LogP contribution in [0.15, 0.2) is 53.4 Å². The average Bonchev–Trinajstić information content (AvgIpc) is 2.46. The van der Waals surface area contributed by atoms with E-state index in [0.29, 0.717) is 5.56 Å². The standard InChI is InChI=1S/C14H11NO4S/c16-12-5-1-10(2-6-12)14(17)9-20-13-7-3-11(4-8-13)15(18)19/h1-8,16H,9H2. The number of non-ortho nitro benzene ring substituents is 1. The second kappa shape index (κ2) is 6.21. The molecule has 2 aromatic rings. The number of benzene rings is 2. The van der Waals surface area contributed by atoms with E-state index in [2.05, 4.69) is 0 Å². The number of carbonyl (C=O) groups excluding carboxylic acids is 1. The number of rotatable bonds is 5. The molecule has 2 aromatic carbocycles. The van der Waals surface area contributed by atoms with Gasteiger partial charge < -0.3 is 5.11 Å². The number of phenols is 1. The summed E-state index contributed by atoms with van der Waals surface area (Å²) in [4.78, 5) is 22.7. The maximum Gasteiger partial charge on any atom is 0.269 e. The Morgan fingerprint density at radius 2 is 1.70 bits per heavy atom. The Balaban J connectivity index is 1.96. The highest BCUT2D eigenvalue weighted by Crippen LogP contribution is 2.22. The summed E-state index contributed by atoms with van der Waals surface area (Å²) >= 11 is 1.31. The lowest BCUT2D eigenvalue weighted by molar-refractivity contribution is -0.384. The van der Waals surface area contributed by atoms with Gasteiger partial charge in [-0.15, -0.1) is 11.8 Å². The van der Waals surface area contributed by atoms with E-state index in [1.807, 2.05) is 0 Å². The van der Waals surface area contributed by atoms with Gasteiger partial charge in [-0.25, -0.2) is 0 Å². The van der Waals surface area contributed by atoms with Crippen molar-refractivity contribution in [2.24, 2.45) is 0 Å². The number of aromatic hydroxyl groups is 1. The number of nitrogens with zero attached hydrogens (tertiary/aromatic N) is 1. The lowest BCUT2D eigenvalue weighted by Crippen LogP contribution is -2.01. The smallest absolute Gasteiger partial charge is 0.269 e. The van der Waals surface area contributed by atoms with Crippen LogP contribution in [0.25, 0.3) is 0 Å². The summed E-state index contributed by atoms with van der Waals surface area (Å²) in [5.74, 6) is 0.292. The van der Waals surface area contributed by atoms with Crippen LogP contribution in [0.4, 0.5) is 5.69 Å². The normalized spacial score (nSPS) is 10.2. The molecule has 0 saturated heterocycles. The first kappa shape index (κ1) is 14.1. The van der Waals surface area contributed by atoms with Crippen molar-refractivity contribution in [3.8, 4) is 5.75 Å². The van der Waals surface area contributed by atoms with E-state index < -0.39 is 4.92 Å². The molecule has 102 valence electrons. The fraction of sp³-hybridized carbons (Fsp3) is 0.0714. The molecule has 0 bridgehead atoms. The van der Waals surface area contributed by atoms with E-state index in [4.69, 9.17) is 5.11 Å². The van der Waals surface area contributed by atoms with Crippen molar-refractivity contribution in [3.63, 3.8) is 0 Å². The van der Waals surface area contributed by atoms with E-state index in [1.165, 1.54) is 36.0 Å². The van der Waals surface area contributed by atoms with Crippen molar-refractivity contribution in [3.05, 3.63) is 64.2 Å². The van der Waals surface area contributed by atoms with Gasteiger partial charge >= 0.3 is 0 Å². The van der Waals surface area contributed by atoms with Crippen LogP contribution in [-0.2, 0) is 0 Å². The zero-order chi connectivity index (χ0) is 14.5. The first-order valence-corrected chi connectivity index (χ1v) is 6.74. The Bertz CT molecular complexity index is 623. The van der Waals surface area contributed by atoms with Crippen molar-refractivity contribution >= 4 is 23.2 Å². The van der Waals surface area contributed by atoms with Crippen LogP contribution >= 0.6 is 11.8 Å². The molecule has 0 spiro atoms. The molecule has 0 amide bonds. The molecule has 0 aliphatic carbocycles. The summed E-state index contributed by atoms with van der Waals surface area (Å²) in [5.41, 5.74) is 0.552. The van der Waals surface area contributed by atoms with Gasteiger partial charge in [0.25, 0.3) is 5.69 Å². The van der Waals surface area contributed by atoms with Gasteiger partial charge in [0.15, 0.2) is 5.78 Å². The number of ketones is 1. The monoisotopic (exact) mass is 289 g/mol. The molecule has 0 fully saturated rings. The number of Topliss-reactive ketones (excluding diaryl/α,β-unsaturated/α-hetero) is 1. The van der Waals surface area contributed by atoms with Gasteiger partial charge in [0.05, 0.1) is 10.7 Å². The minimum absolute atomic E-state index is 0.0270. The molecule has 20 heavy (non-hydrogen) atoms. The van der Waals surface area contributed by atoms with E-state index >= 15 is 0 Å². The van der Waals surface area contributed by atoms with E-state index in [9.17, 15) is 14.9 Å². The summed E-state index contributed by atoms with van der Waals surface area (Å²) in [6.45, 7) is 0. The van der Waals surface area contributed by atoms with Gasteiger partial charge in [-0.2, -0.15) is 0 Å². The summed E-state index contributed by atoms with van der Waals surface area (Å²) in [6, 6.07) is 12.1. The number of phenolic OH excluding ortho intramolecular Hbond substituents is 1. The fourth-order valence-corrected chi connectivity index (χ4v) is 2.34.